The van der Waals surface area contributed by atoms with Crippen LogP contribution in [0.15, 0.2) is 17.0 Å². The molecule has 54 valence electrons. The standard InChI is InChI=1S/C6H5ClFNS/c7-3-1-2-4(10)6(9)5(3)8/h1-2,10H,9H2. The van der Waals surface area contributed by atoms with Gasteiger partial charge in [0.15, 0.2) is 5.82 Å². The van der Waals surface area contributed by atoms with Crippen molar-refractivity contribution >= 4 is 29.9 Å². The van der Waals surface area contributed by atoms with E-state index in [1.165, 1.54) is 6.07 Å². The SMILES string of the molecule is Nc1c(S)ccc(Cl)c1F. The van der Waals surface area contributed by atoms with E-state index in [4.69, 9.17) is 17.3 Å². The van der Waals surface area contributed by atoms with E-state index in [0.717, 1.165) is 0 Å². The summed E-state index contributed by atoms with van der Waals surface area (Å²) in [6.45, 7) is 0. The Morgan fingerprint density at radius 3 is 2.60 bits per heavy atom. The summed E-state index contributed by atoms with van der Waals surface area (Å²) < 4.78 is 12.7. The zero-order valence-electron chi connectivity index (χ0n) is 4.94. The molecule has 1 rings (SSSR count). The minimum absolute atomic E-state index is 0.00386. The Morgan fingerprint density at radius 1 is 1.50 bits per heavy atom. The van der Waals surface area contributed by atoms with Gasteiger partial charge >= 0.3 is 0 Å². The number of rotatable bonds is 0. The molecule has 0 saturated carbocycles. The Morgan fingerprint density at radius 2 is 2.10 bits per heavy atom. The first kappa shape index (κ1) is 7.69. The van der Waals surface area contributed by atoms with Gasteiger partial charge in [0.2, 0.25) is 0 Å². The number of halogens is 2. The van der Waals surface area contributed by atoms with E-state index < -0.39 is 5.82 Å². The predicted octanol–water partition coefficient (Wildman–Crippen LogP) is 2.35. The van der Waals surface area contributed by atoms with E-state index in [-0.39, 0.29) is 10.7 Å². The lowest BCUT2D eigenvalue weighted by molar-refractivity contribution is 0.630. The fourth-order valence-electron chi connectivity index (χ4n) is 0.556. The molecule has 0 bridgehead atoms. The van der Waals surface area contributed by atoms with E-state index in [9.17, 15) is 4.39 Å². The van der Waals surface area contributed by atoms with Crippen molar-refractivity contribution in [1.29, 1.82) is 0 Å². The normalized spacial score (nSPS) is 9.90. The summed E-state index contributed by atoms with van der Waals surface area (Å²) in [6, 6.07) is 2.96. The van der Waals surface area contributed by atoms with Gasteiger partial charge in [-0.25, -0.2) is 4.39 Å². The lowest BCUT2D eigenvalue weighted by Gasteiger charge is -2.00. The minimum Gasteiger partial charge on any atom is -0.395 e. The molecule has 0 unspecified atom stereocenters. The van der Waals surface area contributed by atoms with E-state index in [2.05, 4.69) is 12.6 Å². The summed E-state index contributed by atoms with van der Waals surface area (Å²) in [5, 5.41) is 0.0234. The number of anilines is 1. The highest BCUT2D eigenvalue weighted by Gasteiger charge is 2.05. The molecule has 0 aliphatic heterocycles. The molecule has 0 heterocycles. The third-order valence-electron chi connectivity index (χ3n) is 1.11. The molecule has 1 nitrogen and oxygen atoms in total. The first-order valence-corrected chi connectivity index (χ1v) is 3.38. The maximum absolute atomic E-state index is 12.7. The molecule has 0 saturated heterocycles. The molecule has 2 N–H and O–H groups in total. The van der Waals surface area contributed by atoms with Crippen LogP contribution in [0.2, 0.25) is 5.02 Å². The third-order valence-corrected chi connectivity index (χ3v) is 1.79. The Balaban J connectivity index is 3.34. The molecule has 0 atom stereocenters. The van der Waals surface area contributed by atoms with Crippen LogP contribution >= 0.6 is 24.2 Å². The highest BCUT2D eigenvalue weighted by molar-refractivity contribution is 7.80. The summed E-state index contributed by atoms with van der Waals surface area (Å²) in [5.74, 6) is -0.603. The van der Waals surface area contributed by atoms with Crippen molar-refractivity contribution in [2.75, 3.05) is 5.73 Å². The van der Waals surface area contributed by atoms with E-state index in [1.807, 2.05) is 0 Å². The molecular weight excluding hydrogens is 173 g/mol. The van der Waals surface area contributed by atoms with Crippen LogP contribution in [0, 0.1) is 5.82 Å². The molecule has 1 aromatic rings. The Hall–Kier alpha value is -0.410. The number of hydrogen-bond donors (Lipinski definition) is 2. The van der Waals surface area contributed by atoms with Gasteiger partial charge < -0.3 is 5.73 Å². The highest BCUT2D eigenvalue weighted by Crippen LogP contribution is 2.25. The second-order valence-corrected chi connectivity index (χ2v) is 2.68. The summed E-state index contributed by atoms with van der Waals surface area (Å²) in [6.07, 6.45) is 0. The molecule has 0 fully saturated rings. The lowest BCUT2D eigenvalue weighted by atomic mass is 10.3. The lowest BCUT2D eigenvalue weighted by Crippen LogP contribution is -1.92. The Kier molecular flexibility index (Phi) is 2.06. The Bertz CT molecular complexity index is 237. The van der Waals surface area contributed by atoms with Crippen LogP contribution in [0.5, 0.6) is 0 Å². The molecule has 0 aromatic heterocycles. The van der Waals surface area contributed by atoms with Gasteiger partial charge in [-0.3, -0.25) is 0 Å². The minimum atomic E-state index is -0.603. The van der Waals surface area contributed by atoms with Gasteiger partial charge in [0, 0.05) is 4.90 Å². The summed E-state index contributed by atoms with van der Waals surface area (Å²) in [5.41, 5.74) is 5.24. The number of nitrogens with two attached hydrogens (primary N) is 1. The molecule has 0 amide bonds. The van der Waals surface area contributed by atoms with Gasteiger partial charge in [0.25, 0.3) is 0 Å². The van der Waals surface area contributed by atoms with Crippen LogP contribution < -0.4 is 5.73 Å². The van der Waals surface area contributed by atoms with Crippen LogP contribution in [-0.2, 0) is 0 Å². The zero-order valence-corrected chi connectivity index (χ0v) is 6.59. The molecule has 4 heteroatoms. The number of hydrogen-bond acceptors (Lipinski definition) is 2. The van der Waals surface area contributed by atoms with E-state index in [1.54, 1.807) is 6.07 Å². The monoisotopic (exact) mass is 177 g/mol. The molecule has 0 spiro atoms. The van der Waals surface area contributed by atoms with Gasteiger partial charge in [-0.15, -0.1) is 12.6 Å². The van der Waals surface area contributed by atoms with Crippen molar-refractivity contribution in [3.63, 3.8) is 0 Å². The fraction of sp³-hybridized carbons (Fsp3) is 0. The molecule has 10 heavy (non-hydrogen) atoms. The average molecular weight is 178 g/mol. The predicted molar refractivity (Wildman–Crippen MR) is 43.1 cm³/mol. The maximum Gasteiger partial charge on any atom is 0.165 e. The summed E-state index contributed by atoms with van der Waals surface area (Å²) in [7, 11) is 0. The zero-order chi connectivity index (χ0) is 7.72. The quantitative estimate of drug-likeness (QED) is 0.462. The van der Waals surface area contributed by atoms with Crippen molar-refractivity contribution in [2.24, 2.45) is 0 Å². The molecule has 1 aromatic carbocycles. The first-order valence-electron chi connectivity index (χ1n) is 2.55. The van der Waals surface area contributed by atoms with Gasteiger partial charge in [0.1, 0.15) is 0 Å². The van der Waals surface area contributed by atoms with Crippen LogP contribution in [-0.4, -0.2) is 0 Å². The van der Waals surface area contributed by atoms with Gasteiger partial charge in [-0.2, -0.15) is 0 Å². The topological polar surface area (TPSA) is 26.0 Å². The average Bonchev–Trinajstić information content (AvgIpc) is 1.93. The highest BCUT2D eigenvalue weighted by atomic mass is 35.5. The molecule has 0 aliphatic rings. The van der Waals surface area contributed by atoms with Crippen molar-refractivity contribution in [2.45, 2.75) is 4.90 Å². The summed E-state index contributed by atoms with van der Waals surface area (Å²) in [4.78, 5) is 0.405. The van der Waals surface area contributed by atoms with Crippen LogP contribution in [0.1, 0.15) is 0 Å². The van der Waals surface area contributed by atoms with Crippen molar-refractivity contribution < 1.29 is 4.39 Å². The van der Waals surface area contributed by atoms with Crippen molar-refractivity contribution in [1.82, 2.24) is 0 Å². The fourth-order valence-corrected chi connectivity index (χ4v) is 0.894. The molecule has 0 aliphatic carbocycles. The second kappa shape index (κ2) is 2.68. The number of thiol groups is 1. The third kappa shape index (κ3) is 1.20. The van der Waals surface area contributed by atoms with E-state index >= 15 is 0 Å². The largest absolute Gasteiger partial charge is 0.395 e. The smallest absolute Gasteiger partial charge is 0.165 e. The van der Waals surface area contributed by atoms with Crippen LogP contribution in [0.4, 0.5) is 10.1 Å². The van der Waals surface area contributed by atoms with Gasteiger partial charge in [-0.05, 0) is 12.1 Å². The summed E-state index contributed by atoms with van der Waals surface area (Å²) >= 11 is 9.29. The van der Waals surface area contributed by atoms with Crippen molar-refractivity contribution in [3.05, 3.63) is 23.0 Å². The van der Waals surface area contributed by atoms with Crippen LogP contribution in [0.25, 0.3) is 0 Å². The maximum atomic E-state index is 12.7. The molecular formula is C6H5ClFNS. The number of nitrogen functional groups attached to an aromatic ring is 1. The van der Waals surface area contributed by atoms with Crippen LogP contribution in [0.3, 0.4) is 0 Å². The van der Waals surface area contributed by atoms with E-state index in [0.29, 0.717) is 4.90 Å². The molecule has 0 radical (unpaired) electrons. The van der Waals surface area contributed by atoms with Gasteiger partial charge in [-0.1, -0.05) is 11.6 Å². The Labute approximate surface area is 68.4 Å². The second-order valence-electron chi connectivity index (χ2n) is 1.79. The number of benzene rings is 1. The van der Waals surface area contributed by atoms with Gasteiger partial charge in [0.05, 0.1) is 10.7 Å². The van der Waals surface area contributed by atoms with Crippen molar-refractivity contribution in [3.8, 4) is 0 Å². The first-order chi connectivity index (χ1) is 4.63.